The van der Waals surface area contributed by atoms with Crippen molar-refractivity contribution in [1.29, 1.82) is 0 Å². The van der Waals surface area contributed by atoms with Gasteiger partial charge in [-0.05, 0) is 73.9 Å². The van der Waals surface area contributed by atoms with E-state index in [0.29, 0.717) is 11.3 Å². The van der Waals surface area contributed by atoms with Gasteiger partial charge in [0.2, 0.25) is 5.91 Å². The number of methoxy groups -OCH3 is 1. The van der Waals surface area contributed by atoms with Gasteiger partial charge in [-0.3, -0.25) is 23.5 Å². The van der Waals surface area contributed by atoms with Crippen LogP contribution in [0.15, 0.2) is 46.1 Å². The molecule has 1 aromatic carbocycles. The molecule has 8 atom stereocenters. The summed E-state index contributed by atoms with van der Waals surface area (Å²) in [6, 6.07) is 5.56. The minimum atomic E-state index is -2.71. The summed E-state index contributed by atoms with van der Waals surface area (Å²) in [6.07, 6.45) is -5.72. The van der Waals surface area contributed by atoms with Gasteiger partial charge in [-0.25, -0.2) is 4.79 Å². The number of benzene rings is 1. The molecule has 2 aromatic rings. The van der Waals surface area contributed by atoms with Gasteiger partial charge in [-0.15, -0.1) is 0 Å². The summed E-state index contributed by atoms with van der Waals surface area (Å²) in [5.41, 5.74) is 5.15. The average molecular weight is 824 g/mol. The Labute approximate surface area is 331 Å². The van der Waals surface area contributed by atoms with Crippen LogP contribution in [0.25, 0.3) is 0 Å². The number of nitrogens with two attached hydrogens (primary N) is 1. The summed E-state index contributed by atoms with van der Waals surface area (Å²) < 4.78 is 28.3. The zero-order valence-corrected chi connectivity index (χ0v) is 37.0. The first-order valence-electron chi connectivity index (χ1n) is 19.1. The van der Waals surface area contributed by atoms with Gasteiger partial charge < -0.3 is 50.0 Å². The zero-order chi connectivity index (χ0) is 42.6. The zero-order valence-electron chi connectivity index (χ0n) is 35.0. The third-order valence-electron chi connectivity index (χ3n) is 11.4. The van der Waals surface area contributed by atoms with Crippen LogP contribution in [0.5, 0.6) is 5.75 Å². The molecule has 1 saturated heterocycles. The average Bonchev–Trinajstić information content (AvgIpc) is 3.42. The largest absolute Gasteiger partial charge is 0.497 e. The fourth-order valence-electron chi connectivity index (χ4n) is 5.68. The maximum atomic E-state index is 14.3. The van der Waals surface area contributed by atoms with Crippen molar-refractivity contribution in [1.82, 2.24) is 19.8 Å². The number of aromatic nitrogens is 2. The summed E-state index contributed by atoms with van der Waals surface area (Å²) in [4.78, 5) is 52.5. The predicted octanol–water partition coefficient (Wildman–Crippen LogP) is 2.36. The predicted molar refractivity (Wildman–Crippen MR) is 218 cm³/mol. The highest BCUT2D eigenvalue weighted by atomic mass is 28.4. The summed E-state index contributed by atoms with van der Waals surface area (Å²) in [6.45, 7) is 22.0. The lowest BCUT2D eigenvalue weighted by molar-refractivity contribution is -0.149. The van der Waals surface area contributed by atoms with Gasteiger partial charge in [0.25, 0.3) is 5.56 Å². The SMILES string of the molecule is COc1ccc(Cn2c(=O)ccn([C@@H]3OC([C@@H](O)[C@H](NCCCNC(=O)[C@@H](N)[C@H](C)O)C(=O)O)[C@@H](O[Si](C)(C)C(C)(C)C)[C@H]3O[Si](C)(C)C(C)(C)C)c2=O)cc1. The number of hydrogen-bond acceptors (Lipinski definition) is 12. The van der Waals surface area contributed by atoms with Crippen LogP contribution in [0, 0.1) is 0 Å². The lowest BCUT2D eigenvalue weighted by Crippen LogP contribution is -2.59. The number of ether oxygens (including phenoxy) is 2. The summed E-state index contributed by atoms with van der Waals surface area (Å²) in [7, 11) is -3.87. The normalized spacial score (nSPS) is 21.6. The Morgan fingerprint density at radius 1 is 0.929 bits per heavy atom. The van der Waals surface area contributed by atoms with Crippen molar-refractivity contribution in [2.45, 2.75) is 147 Å². The number of nitrogens with zero attached hydrogens (tertiary/aromatic N) is 2. The van der Waals surface area contributed by atoms with Crippen molar-refractivity contribution in [2.24, 2.45) is 5.73 Å². The molecule has 3 rings (SSSR count). The Morgan fingerprint density at radius 3 is 1.98 bits per heavy atom. The highest BCUT2D eigenvalue weighted by Gasteiger charge is 2.57. The highest BCUT2D eigenvalue weighted by molar-refractivity contribution is 6.74. The number of carbonyl (C=O) groups excluding carboxylic acids is 1. The minimum Gasteiger partial charge on any atom is -0.497 e. The number of carboxylic acids is 1. The second kappa shape index (κ2) is 18.6. The maximum absolute atomic E-state index is 14.3. The van der Waals surface area contributed by atoms with Gasteiger partial charge in [0.05, 0.1) is 19.8 Å². The van der Waals surface area contributed by atoms with Crippen LogP contribution in [-0.2, 0) is 29.7 Å². The second-order valence-electron chi connectivity index (χ2n) is 17.6. The molecule has 16 nitrogen and oxygen atoms in total. The third kappa shape index (κ3) is 11.3. The lowest BCUT2D eigenvalue weighted by Gasteiger charge is -2.44. The molecule has 1 aliphatic heterocycles. The van der Waals surface area contributed by atoms with Crippen LogP contribution in [0.1, 0.15) is 66.7 Å². The van der Waals surface area contributed by atoms with E-state index in [-0.39, 0.29) is 36.1 Å². The minimum absolute atomic E-state index is 0.0463. The first kappa shape index (κ1) is 47.2. The molecule has 0 radical (unpaired) electrons. The van der Waals surface area contributed by atoms with Crippen LogP contribution < -0.4 is 32.4 Å². The molecule has 0 bridgehead atoms. The van der Waals surface area contributed by atoms with E-state index in [9.17, 15) is 34.5 Å². The Balaban J connectivity index is 2.12. The first-order chi connectivity index (χ1) is 25.7. The molecular weight excluding hydrogens is 759 g/mol. The number of carboxylic acid groups (broad SMARTS) is 1. The number of hydrogen-bond donors (Lipinski definition) is 6. The second-order valence-corrected chi connectivity index (χ2v) is 27.1. The third-order valence-corrected chi connectivity index (χ3v) is 20.3. The number of amides is 1. The lowest BCUT2D eigenvalue weighted by atomic mass is 9.99. The van der Waals surface area contributed by atoms with Crippen molar-refractivity contribution in [3.05, 3.63) is 62.9 Å². The molecule has 0 spiro atoms. The van der Waals surface area contributed by atoms with E-state index in [4.69, 9.17) is 24.1 Å². The van der Waals surface area contributed by atoms with Gasteiger partial charge >= 0.3 is 11.7 Å². The van der Waals surface area contributed by atoms with Gasteiger partial charge in [-0.1, -0.05) is 53.7 Å². The molecule has 1 unspecified atom stereocenters. The Bertz CT molecular complexity index is 1750. The van der Waals surface area contributed by atoms with E-state index in [1.807, 2.05) is 26.2 Å². The molecule has 316 valence electrons. The quantitative estimate of drug-likeness (QED) is 0.0940. The molecule has 2 heterocycles. The first-order valence-corrected chi connectivity index (χ1v) is 24.9. The molecule has 1 aliphatic rings. The van der Waals surface area contributed by atoms with Crippen molar-refractivity contribution in [3.8, 4) is 5.75 Å². The van der Waals surface area contributed by atoms with Gasteiger partial charge in [0.15, 0.2) is 22.9 Å². The highest BCUT2D eigenvalue weighted by Crippen LogP contribution is 2.46. The van der Waals surface area contributed by atoms with Crippen LogP contribution in [0.3, 0.4) is 0 Å². The molecule has 1 aromatic heterocycles. The maximum Gasteiger partial charge on any atom is 0.333 e. The van der Waals surface area contributed by atoms with Crippen LogP contribution >= 0.6 is 0 Å². The fraction of sp³-hybridized carbons (Fsp3) is 0.684. The van der Waals surface area contributed by atoms with Crippen molar-refractivity contribution in [3.63, 3.8) is 0 Å². The molecule has 0 aliphatic carbocycles. The van der Waals surface area contributed by atoms with Crippen LogP contribution in [0.4, 0.5) is 0 Å². The van der Waals surface area contributed by atoms with E-state index >= 15 is 0 Å². The summed E-state index contributed by atoms with van der Waals surface area (Å²) in [5, 5.41) is 36.9. The topological polar surface area (TPSA) is 226 Å². The van der Waals surface area contributed by atoms with Crippen molar-refractivity contribution < 1.29 is 43.2 Å². The van der Waals surface area contributed by atoms with E-state index in [2.05, 4.69) is 52.2 Å². The molecule has 1 fully saturated rings. The number of aliphatic carboxylic acids is 1. The number of aliphatic hydroxyl groups excluding tert-OH is 2. The molecule has 1 amide bonds. The molecular formula is C38H65N5O11Si2. The Morgan fingerprint density at radius 2 is 1.48 bits per heavy atom. The number of carbonyl (C=O) groups is 2. The van der Waals surface area contributed by atoms with Crippen molar-refractivity contribution >= 4 is 28.5 Å². The molecule has 18 heteroatoms. The standard InChI is InChI=1S/C38H65N5O11Si2/c1-23(44)27(39)33(47)41-20-13-19-40-28(35(48)49)29(46)30-31(53-55(9,10)37(2,3)4)32(54-56(11,12)38(5,6)7)34(52-30)42-21-18-26(45)43(36(42)50)22-24-14-16-25(51-8)17-15-24/h14-18,21,23,27-32,34,40,44,46H,13,19-20,22,39H2,1-12H3,(H,41,47)(H,48,49)/t23-,27-,28-,29-,30?,31+,32+,34+/m0/s1. The molecule has 0 saturated carbocycles. The van der Waals surface area contributed by atoms with E-state index < -0.39 is 88.6 Å². The number of aliphatic hydroxyl groups is 2. The van der Waals surface area contributed by atoms with Gasteiger partial charge in [0, 0.05) is 18.8 Å². The summed E-state index contributed by atoms with van der Waals surface area (Å²) >= 11 is 0. The molecule has 7 N–H and O–H groups in total. The van der Waals surface area contributed by atoms with Crippen LogP contribution in [-0.4, -0.2) is 116 Å². The van der Waals surface area contributed by atoms with E-state index in [1.165, 1.54) is 23.8 Å². The monoisotopic (exact) mass is 823 g/mol. The van der Waals surface area contributed by atoms with E-state index in [1.54, 1.807) is 31.4 Å². The fourth-order valence-corrected chi connectivity index (χ4v) is 8.27. The Kier molecular flexibility index (Phi) is 15.7. The van der Waals surface area contributed by atoms with Crippen LogP contribution in [0.2, 0.25) is 36.3 Å². The van der Waals surface area contributed by atoms with Crippen molar-refractivity contribution in [2.75, 3.05) is 20.2 Å². The summed E-state index contributed by atoms with van der Waals surface area (Å²) in [5.74, 6) is -1.29. The van der Waals surface area contributed by atoms with Gasteiger partial charge in [0.1, 0.15) is 42.2 Å². The molecule has 56 heavy (non-hydrogen) atoms. The smallest absolute Gasteiger partial charge is 0.333 e. The number of rotatable bonds is 18. The number of nitrogens with one attached hydrogen (secondary N) is 2. The van der Waals surface area contributed by atoms with E-state index in [0.717, 1.165) is 4.57 Å². The van der Waals surface area contributed by atoms with Gasteiger partial charge in [-0.2, -0.15) is 0 Å². The Hall–Kier alpha value is -3.21.